The quantitative estimate of drug-likeness (QED) is 0.480. The molecule has 4 nitrogen and oxygen atoms in total. The van der Waals surface area contributed by atoms with E-state index in [1.54, 1.807) is 14.2 Å². The minimum Gasteiger partial charge on any atom is -0.493 e. The zero-order chi connectivity index (χ0) is 18.7. The summed E-state index contributed by atoms with van der Waals surface area (Å²) in [5, 5.41) is 0. The summed E-state index contributed by atoms with van der Waals surface area (Å²) in [5.41, 5.74) is 1.91. The second kappa shape index (κ2) is 8.24. The van der Waals surface area contributed by atoms with Crippen LogP contribution in [0.2, 0.25) is 0 Å². The molecule has 0 aliphatic carbocycles. The summed E-state index contributed by atoms with van der Waals surface area (Å²) in [4.78, 5) is 14.2. The topological polar surface area (TPSA) is 38.8 Å². The number of hydrogen-bond donors (Lipinski definition) is 0. The maximum absolute atomic E-state index is 12.1. The van der Waals surface area contributed by atoms with Crippen LogP contribution in [0.1, 0.15) is 11.1 Å². The van der Waals surface area contributed by atoms with Gasteiger partial charge in [-0.15, -0.1) is 0 Å². The van der Waals surface area contributed by atoms with Gasteiger partial charge in [-0.1, -0.05) is 58.1 Å². The normalized spacial score (nSPS) is 15.7. The molecule has 3 rings (SSSR count). The van der Waals surface area contributed by atoms with Crippen LogP contribution in [0.4, 0.5) is 0 Å². The van der Waals surface area contributed by atoms with Crippen molar-refractivity contribution in [2.45, 2.75) is 6.61 Å². The lowest BCUT2D eigenvalue weighted by atomic mass is 10.2. The average Bonchev–Trinajstić information content (AvgIpc) is 2.88. The fourth-order valence-electron chi connectivity index (χ4n) is 2.33. The molecule has 0 unspecified atom stereocenters. The van der Waals surface area contributed by atoms with Gasteiger partial charge in [0, 0.05) is 11.5 Å². The first kappa shape index (κ1) is 18.9. The van der Waals surface area contributed by atoms with Crippen molar-refractivity contribution in [2.24, 2.45) is 0 Å². The molecule has 1 aliphatic rings. The molecule has 134 valence electrons. The molecule has 0 bridgehead atoms. The lowest BCUT2D eigenvalue weighted by Gasteiger charge is -2.11. The van der Waals surface area contributed by atoms with Crippen molar-refractivity contribution in [3.63, 3.8) is 0 Å². The lowest BCUT2D eigenvalue weighted by Crippen LogP contribution is -2.22. The van der Waals surface area contributed by atoms with Crippen molar-refractivity contribution in [1.82, 2.24) is 4.90 Å². The van der Waals surface area contributed by atoms with Crippen LogP contribution in [0.5, 0.6) is 11.5 Å². The molecule has 1 fully saturated rings. The van der Waals surface area contributed by atoms with Gasteiger partial charge in [0.05, 0.1) is 12.0 Å². The fourth-order valence-corrected chi connectivity index (χ4v) is 3.78. The number of carbonyl (C=O) groups excluding carboxylic acids is 1. The van der Waals surface area contributed by atoms with Crippen molar-refractivity contribution >= 4 is 56.2 Å². The Morgan fingerprint density at radius 3 is 2.54 bits per heavy atom. The van der Waals surface area contributed by atoms with Crippen LogP contribution in [0.15, 0.2) is 51.8 Å². The SMILES string of the molecule is COc1cc(/C=C2\SC(=S)N(C)C2=O)ccc1OCc1ccc(Br)cc1. The Morgan fingerprint density at radius 1 is 1.19 bits per heavy atom. The van der Waals surface area contributed by atoms with E-state index in [0.29, 0.717) is 27.3 Å². The summed E-state index contributed by atoms with van der Waals surface area (Å²) in [7, 11) is 3.27. The molecule has 2 aromatic rings. The first-order valence-corrected chi connectivity index (χ1v) is 9.76. The van der Waals surface area contributed by atoms with Crippen LogP contribution in [0, 0.1) is 0 Å². The van der Waals surface area contributed by atoms with Gasteiger partial charge in [-0.25, -0.2) is 0 Å². The maximum Gasteiger partial charge on any atom is 0.265 e. The first-order chi connectivity index (χ1) is 12.5. The number of thioether (sulfide) groups is 1. The zero-order valence-corrected chi connectivity index (χ0v) is 17.4. The number of carbonyl (C=O) groups is 1. The summed E-state index contributed by atoms with van der Waals surface area (Å²) in [6.45, 7) is 0.442. The molecule has 0 spiro atoms. The van der Waals surface area contributed by atoms with Crippen LogP contribution in [0.3, 0.4) is 0 Å². The van der Waals surface area contributed by atoms with E-state index < -0.39 is 0 Å². The van der Waals surface area contributed by atoms with Crippen molar-refractivity contribution in [3.8, 4) is 11.5 Å². The minimum atomic E-state index is -0.0884. The number of nitrogens with zero attached hydrogens (tertiary/aromatic N) is 1. The van der Waals surface area contributed by atoms with E-state index in [9.17, 15) is 4.79 Å². The van der Waals surface area contributed by atoms with Gasteiger partial charge < -0.3 is 9.47 Å². The highest BCUT2D eigenvalue weighted by atomic mass is 79.9. The number of amides is 1. The number of benzene rings is 2. The number of methoxy groups -OCH3 is 1. The van der Waals surface area contributed by atoms with Crippen molar-refractivity contribution in [1.29, 1.82) is 0 Å². The standard InChI is InChI=1S/C19H16BrNO3S2/c1-21-18(22)17(26-19(21)25)10-13-5-8-15(16(9-13)23-2)24-11-12-3-6-14(20)7-4-12/h3-10H,11H2,1-2H3/b17-10-. The predicted octanol–water partition coefficient (Wildman–Crippen LogP) is 4.87. The molecule has 0 radical (unpaired) electrons. The molecular weight excluding hydrogens is 434 g/mol. The Bertz CT molecular complexity index is 881. The summed E-state index contributed by atoms with van der Waals surface area (Å²) in [5.74, 6) is 1.17. The molecule has 2 aromatic carbocycles. The average molecular weight is 450 g/mol. The molecule has 0 atom stereocenters. The maximum atomic E-state index is 12.1. The second-order valence-electron chi connectivity index (χ2n) is 5.57. The van der Waals surface area contributed by atoms with Gasteiger partial charge in [0.1, 0.15) is 10.9 Å². The van der Waals surface area contributed by atoms with E-state index in [1.165, 1.54) is 16.7 Å². The Balaban J connectivity index is 1.76. The summed E-state index contributed by atoms with van der Waals surface area (Å²) in [6.07, 6.45) is 1.81. The van der Waals surface area contributed by atoms with Gasteiger partial charge in [-0.3, -0.25) is 9.69 Å². The van der Waals surface area contributed by atoms with E-state index in [2.05, 4.69) is 15.9 Å². The molecule has 1 heterocycles. The smallest absolute Gasteiger partial charge is 0.265 e. The van der Waals surface area contributed by atoms with Crippen LogP contribution in [-0.4, -0.2) is 29.3 Å². The largest absolute Gasteiger partial charge is 0.493 e. The summed E-state index contributed by atoms with van der Waals surface area (Å²) in [6, 6.07) is 13.5. The van der Waals surface area contributed by atoms with Crippen LogP contribution in [-0.2, 0) is 11.4 Å². The van der Waals surface area contributed by atoms with Gasteiger partial charge in [-0.05, 0) is 41.5 Å². The first-order valence-electron chi connectivity index (χ1n) is 7.75. The van der Waals surface area contributed by atoms with Crippen molar-refractivity contribution in [2.75, 3.05) is 14.2 Å². The minimum absolute atomic E-state index is 0.0884. The third kappa shape index (κ3) is 4.28. The van der Waals surface area contributed by atoms with Gasteiger partial charge in [0.15, 0.2) is 11.5 Å². The van der Waals surface area contributed by atoms with E-state index in [1.807, 2.05) is 48.5 Å². The summed E-state index contributed by atoms with van der Waals surface area (Å²) < 4.78 is 12.9. The molecule has 0 aromatic heterocycles. The van der Waals surface area contributed by atoms with Gasteiger partial charge in [0.25, 0.3) is 5.91 Å². The molecule has 1 aliphatic heterocycles. The molecule has 26 heavy (non-hydrogen) atoms. The number of hydrogen-bond acceptors (Lipinski definition) is 5. The van der Waals surface area contributed by atoms with Gasteiger partial charge in [-0.2, -0.15) is 0 Å². The van der Waals surface area contributed by atoms with Crippen molar-refractivity contribution < 1.29 is 14.3 Å². The number of thiocarbonyl (C=S) groups is 1. The number of rotatable bonds is 5. The van der Waals surface area contributed by atoms with Gasteiger partial charge >= 0.3 is 0 Å². The Morgan fingerprint density at radius 2 is 1.92 bits per heavy atom. The van der Waals surface area contributed by atoms with Gasteiger partial charge in [0.2, 0.25) is 0 Å². The van der Waals surface area contributed by atoms with E-state index >= 15 is 0 Å². The molecular formula is C19H16BrNO3S2. The number of likely N-dealkylation sites (N-methyl/N-ethyl adjacent to an activating group) is 1. The Hall–Kier alpha value is -1.83. The van der Waals surface area contributed by atoms with E-state index in [0.717, 1.165) is 15.6 Å². The highest BCUT2D eigenvalue weighted by Crippen LogP contribution is 2.34. The second-order valence-corrected chi connectivity index (χ2v) is 8.16. The van der Waals surface area contributed by atoms with Crippen molar-refractivity contribution in [3.05, 3.63) is 63.0 Å². The molecule has 7 heteroatoms. The monoisotopic (exact) mass is 449 g/mol. The lowest BCUT2D eigenvalue weighted by molar-refractivity contribution is -0.121. The third-order valence-corrected chi connectivity index (χ3v) is 5.79. The van der Waals surface area contributed by atoms with Crippen LogP contribution >= 0.6 is 39.9 Å². The highest BCUT2D eigenvalue weighted by molar-refractivity contribution is 9.10. The van der Waals surface area contributed by atoms with E-state index in [4.69, 9.17) is 21.7 Å². The molecule has 0 N–H and O–H groups in total. The molecule has 1 amide bonds. The van der Waals surface area contributed by atoms with Crippen LogP contribution < -0.4 is 9.47 Å². The fraction of sp³-hybridized carbons (Fsp3) is 0.158. The third-order valence-electron chi connectivity index (χ3n) is 3.78. The Labute approximate surface area is 170 Å². The Kier molecular flexibility index (Phi) is 6.01. The molecule has 0 saturated carbocycles. The highest BCUT2D eigenvalue weighted by Gasteiger charge is 2.28. The number of halogens is 1. The summed E-state index contributed by atoms with van der Waals surface area (Å²) >= 11 is 9.86. The van der Waals surface area contributed by atoms with E-state index in [-0.39, 0.29) is 5.91 Å². The number of ether oxygens (including phenoxy) is 2. The van der Waals surface area contributed by atoms with Crippen LogP contribution in [0.25, 0.3) is 6.08 Å². The zero-order valence-electron chi connectivity index (χ0n) is 14.2. The predicted molar refractivity (Wildman–Crippen MR) is 112 cm³/mol. The molecule has 1 saturated heterocycles.